The van der Waals surface area contributed by atoms with Gasteiger partial charge in [-0.1, -0.05) is 34.1 Å². The zero-order chi connectivity index (χ0) is 13.1. The third kappa shape index (κ3) is 3.74. The molecule has 94 valence electrons. The van der Waals surface area contributed by atoms with E-state index in [9.17, 15) is 8.42 Å². The van der Waals surface area contributed by atoms with Crippen LogP contribution in [-0.2, 0) is 10.0 Å². The lowest BCUT2D eigenvalue weighted by molar-refractivity contribution is 0.598. The summed E-state index contributed by atoms with van der Waals surface area (Å²) in [6.45, 7) is 2.07. The van der Waals surface area contributed by atoms with Crippen LogP contribution in [0.25, 0.3) is 0 Å². The van der Waals surface area contributed by atoms with Crippen molar-refractivity contribution in [2.75, 3.05) is 22.8 Å². The van der Waals surface area contributed by atoms with E-state index in [0.717, 1.165) is 10.7 Å². The van der Waals surface area contributed by atoms with E-state index in [4.69, 9.17) is 5.73 Å². The molecule has 0 fully saturated rings. The standard InChI is InChI=1S/C11H15BrN2O2S/c1-3-9(12)8-14(17(2,15)16)11-7-5-4-6-10(11)13/h3-7H,8,13H2,1-2H3/b9-3+. The van der Waals surface area contributed by atoms with E-state index in [1.54, 1.807) is 30.3 Å². The first-order valence-electron chi connectivity index (χ1n) is 4.99. The number of benzene rings is 1. The highest BCUT2D eigenvalue weighted by atomic mass is 79.9. The van der Waals surface area contributed by atoms with Crippen LogP contribution in [0.5, 0.6) is 0 Å². The van der Waals surface area contributed by atoms with Gasteiger partial charge in [0.05, 0.1) is 24.2 Å². The van der Waals surface area contributed by atoms with Crippen molar-refractivity contribution in [2.24, 2.45) is 0 Å². The number of rotatable bonds is 4. The van der Waals surface area contributed by atoms with Gasteiger partial charge in [-0.05, 0) is 19.1 Å². The third-order valence-electron chi connectivity index (χ3n) is 2.21. The van der Waals surface area contributed by atoms with Crippen LogP contribution >= 0.6 is 15.9 Å². The lowest BCUT2D eigenvalue weighted by Crippen LogP contribution is -2.31. The summed E-state index contributed by atoms with van der Waals surface area (Å²) in [6, 6.07) is 6.89. The number of nitrogens with two attached hydrogens (primary N) is 1. The smallest absolute Gasteiger partial charge is 0.232 e. The van der Waals surface area contributed by atoms with Gasteiger partial charge in [0.25, 0.3) is 0 Å². The topological polar surface area (TPSA) is 63.4 Å². The van der Waals surface area contributed by atoms with E-state index in [1.165, 1.54) is 4.31 Å². The number of hydrogen-bond acceptors (Lipinski definition) is 3. The number of nitrogens with zero attached hydrogens (tertiary/aromatic N) is 1. The molecule has 2 N–H and O–H groups in total. The quantitative estimate of drug-likeness (QED) is 0.867. The van der Waals surface area contributed by atoms with Crippen molar-refractivity contribution >= 4 is 37.3 Å². The molecule has 0 heterocycles. The summed E-state index contributed by atoms with van der Waals surface area (Å²) < 4.78 is 25.6. The van der Waals surface area contributed by atoms with Crippen LogP contribution in [0.15, 0.2) is 34.8 Å². The summed E-state index contributed by atoms with van der Waals surface area (Å²) >= 11 is 3.31. The lowest BCUT2D eigenvalue weighted by atomic mass is 10.2. The van der Waals surface area contributed by atoms with Crippen LogP contribution in [-0.4, -0.2) is 21.2 Å². The Bertz CT molecular complexity index is 526. The van der Waals surface area contributed by atoms with E-state index in [0.29, 0.717) is 11.4 Å². The Morgan fingerprint density at radius 1 is 1.47 bits per heavy atom. The fraction of sp³-hybridized carbons (Fsp3) is 0.273. The fourth-order valence-corrected chi connectivity index (χ4v) is 2.64. The summed E-state index contributed by atoms with van der Waals surface area (Å²) in [5, 5.41) is 0. The Morgan fingerprint density at radius 2 is 2.06 bits per heavy atom. The minimum absolute atomic E-state index is 0.240. The molecule has 17 heavy (non-hydrogen) atoms. The van der Waals surface area contributed by atoms with E-state index in [-0.39, 0.29) is 6.54 Å². The van der Waals surface area contributed by atoms with Crippen molar-refractivity contribution in [1.82, 2.24) is 0 Å². The summed E-state index contributed by atoms with van der Waals surface area (Å²) in [6.07, 6.45) is 2.96. The molecule has 0 aliphatic rings. The first-order valence-corrected chi connectivity index (χ1v) is 7.63. The number of hydrogen-bond donors (Lipinski definition) is 1. The van der Waals surface area contributed by atoms with Crippen LogP contribution in [0, 0.1) is 0 Å². The van der Waals surface area contributed by atoms with Gasteiger partial charge in [0.2, 0.25) is 10.0 Å². The highest BCUT2D eigenvalue weighted by molar-refractivity contribution is 9.11. The van der Waals surface area contributed by atoms with E-state index < -0.39 is 10.0 Å². The molecule has 0 unspecified atom stereocenters. The van der Waals surface area contributed by atoms with Gasteiger partial charge in [-0.15, -0.1) is 0 Å². The van der Waals surface area contributed by atoms with Gasteiger partial charge in [-0.2, -0.15) is 0 Å². The molecular weight excluding hydrogens is 304 g/mol. The minimum atomic E-state index is -3.36. The third-order valence-corrected chi connectivity index (χ3v) is 4.05. The number of halogens is 1. The van der Waals surface area contributed by atoms with Gasteiger partial charge in [0.15, 0.2) is 0 Å². The Balaban J connectivity index is 3.22. The molecule has 4 nitrogen and oxygen atoms in total. The maximum atomic E-state index is 11.8. The van der Waals surface area contributed by atoms with Crippen molar-refractivity contribution in [3.05, 3.63) is 34.8 Å². The van der Waals surface area contributed by atoms with Crippen LogP contribution in [0.1, 0.15) is 6.92 Å². The first kappa shape index (κ1) is 14.1. The number of allylic oxidation sites excluding steroid dienone is 1. The molecule has 0 aliphatic heterocycles. The molecule has 0 saturated heterocycles. The summed E-state index contributed by atoms with van der Waals surface area (Å²) in [5.74, 6) is 0. The Kier molecular flexibility index (Phi) is 4.59. The van der Waals surface area contributed by atoms with Gasteiger partial charge in [-0.25, -0.2) is 8.42 Å². The molecule has 0 radical (unpaired) electrons. The molecule has 1 aromatic carbocycles. The monoisotopic (exact) mass is 318 g/mol. The minimum Gasteiger partial charge on any atom is -0.397 e. The SMILES string of the molecule is C/C=C(/Br)CN(c1ccccc1N)S(C)(=O)=O. The normalized spacial score (nSPS) is 12.5. The second-order valence-electron chi connectivity index (χ2n) is 3.56. The number of anilines is 2. The second kappa shape index (κ2) is 5.55. The first-order chi connectivity index (χ1) is 7.86. The highest BCUT2D eigenvalue weighted by Crippen LogP contribution is 2.26. The molecule has 0 aliphatic carbocycles. The second-order valence-corrected chi connectivity index (χ2v) is 6.49. The number of sulfonamides is 1. The molecule has 0 atom stereocenters. The summed E-state index contributed by atoms with van der Waals surface area (Å²) in [7, 11) is -3.36. The Labute approximate surface area is 110 Å². The zero-order valence-corrected chi connectivity index (χ0v) is 12.1. The van der Waals surface area contributed by atoms with Gasteiger partial charge in [0, 0.05) is 4.48 Å². The van der Waals surface area contributed by atoms with Crippen molar-refractivity contribution in [2.45, 2.75) is 6.92 Å². The van der Waals surface area contributed by atoms with Crippen LogP contribution in [0.3, 0.4) is 0 Å². The van der Waals surface area contributed by atoms with Crippen molar-refractivity contribution < 1.29 is 8.42 Å². The molecule has 0 aromatic heterocycles. The van der Waals surface area contributed by atoms with Crippen molar-refractivity contribution in [1.29, 1.82) is 0 Å². The number of para-hydroxylation sites is 2. The predicted molar refractivity (Wildman–Crippen MR) is 75.7 cm³/mol. The average Bonchev–Trinajstić information content (AvgIpc) is 2.25. The summed E-state index contributed by atoms with van der Waals surface area (Å²) in [5.41, 5.74) is 6.73. The maximum Gasteiger partial charge on any atom is 0.232 e. The van der Waals surface area contributed by atoms with Crippen LogP contribution in [0.4, 0.5) is 11.4 Å². The van der Waals surface area contributed by atoms with Gasteiger partial charge < -0.3 is 5.73 Å². The molecule has 0 amide bonds. The molecule has 1 aromatic rings. The molecule has 1 rings (SSSR count). The zero-order valence-electron chi connectivity index (χ0n) is 9.72. The largest absolute Gasteiger partial charge is 0.397 e. The van der Waals surface area contributed by atoms with E-state index in [1.807, 2.05) is 6.92 Å². The molecular formula is C11H15BrN2O2S. The van der Waals surface area contributed by atoms with E-state index >= 15 is 0 Å². The number of nitrogen functional groups attached to an aromatic ring is 1. The summed E-state index contributed by atoms with van der Waals surface area (Å²) in [4.78, 5) is 0. The van der Waals surface area contributed by atoms with E-state index in [2.05, 4.69) is 15.9 Å². The van der Waals surface area contributed by atoms with Crippen molar-refractivity contribution in [3.63, 3.8) is 0 Å². The Hall–Kier alpha value is -1.01. The molecule has 0 spiro atoms. The van der Waals surface area contributed by atoms with Crippen LogP contribution in [0.2, 0.25) is 0 Å². The highest BCUT2D eigenvalue weighted by Gasteiger charge is 2.19. The van der Waals surface area contributed by atoms with Gasteiger partial charge >= 0.3 is 0 Å². The Morgan fingerprint density at radius 3 is 2.53 bits per heavy atom. The molecule has 0 bridgehead atoms. The molecule has 6 heteroatoms. The van der Waals surface area contributed by atoms with Crippen molar-refractivity contribution in [3.8, 4) is 0 Å². The lowest BCUT2D eigenvalue weighted by Gasteiger charge is -2.23. The maximum absolute atomic E-state index is 11.8. The van der Waals surface area contributed by atoms with Gasteiger partial charge in [-0.3, -0.25) is 4.31 Å². The predicted octanol–water partition coefficient (Wildman–Crippen LogP) is 2.33. The van der Waals surface area contributed by atoms with Gasteiger partial charge in [0.1, 0.15) is 0 Å². The molecule has 0 saturated carbocycles. The van der Waals surface area contributed by atoms with Crippen LogP contribution < -0.4 is 10.0 Å². The fourth-order valence-electron chi connectivity index (χ4n) is 1.32. The average molecular weight is 319 g/mol.